The Morgan fingerprint density at radius 2 is 2.26 bits per heavy atom. The number of rotatable bonds is 5. The third-order valence-electron chi connectivity index (χ3n) is 3.11. The molecule has 1 heterocycles. The third-order valence-corrected chi connectivity index (χ3v) is 3.11. The van der Waals surface area contributed by atoms with E-state index < -0.39 is 5.97 Å². The fourth-order valence-electron chi connectivity index (χ4n) is 2.09. The van der Waals surface area contributed by atoms with Crippen molar-refractivity contribution in [1.82, 2.24) is 5.32 Å². The Morgan fingerprint density at radius 3 is 2.95 bits per heavy atom. The molecule has 5 nitrogen and oxygen atoms in total. The van der Waals surface area contributed by atoms with Crippen LogP contribution in [0.1, 0.15) is 28.8 Å². The molecule has 2 rings (SSSR count). The minimum Gasteiger partial charge on any atom is -0.478 e. The molecule has 19 heavy (non-hydrogen) atoms. The molecule has 1 aliphatic heterocycles. The van der Waals surface area contributed by atoms with Gasteiger partial charge in [-0.05, 0) is 37.0 Å². The number of nitrogens with one attached hydrogen (secondary N) is 1. The smallest absolute Gasteiger partial charge is 0.335 e. The van der Waals surface area contributed by atoms with E-state index in [9.17, 15) is 9.59 Å². The van der Waals surface area contributed by atoms with E-state index in [-0.39, 0.29) is 17.6 Å². The van der Waals surface area contributed by atoms with Gasteiger partial charge >= 0.3 is 5.97 Å². The van der Waals surface area contributed by atoms with Crippen molar-refractivity contribution in [3.8, 4) is 0 Å². The SMILES string of the molecule is O=C(O)c1cccc(CCNC(=O)C2CCCO2)c1. The highest BCUT2D eigenvalue weighted by molar-refractivity contribution is 5.87. The van der Waals surface area contributed by atoms with Crippen molar-refractivity contribution in [2.45, 2.75) is 25.4 Å². The summed E-state index contributed by atoms with van der Waals surface area (Å²) < 4.78 is 5.28. The lowest BCUT2D eigenvalue weighted by Crippen LogP contribution is -2.35. The number of carbonyl (C=O) groups is 2. The largest absolute Gasteiger partial charge is 0.478 e. The van der Waals surface area contributed by atoms with Crippen molar-refractivity contribution in [3.05, 3.63) is 35.4 Å². The van der Waals surface area contributed by atoms with Crippen LogP contribution in [0.4, 0.5) is 0 Å². The van der Waals surface area contributed by atoms with E-state index >= 15 is 0 Å². The molecule has 102 valence electrons. The first kappa shape index (κ1) is 13.5. The Kier molecular flexibility index (Phi) is 4.52. The van der Waals surface area contributed by atoms with Crippen molar-refractivity contribution < 1.29 is 19.4 Å². The number of hydrogen-bond donors (Lipinski definition) is 2. The van der Waals surface area contributed by atoms with Crippen LogP contribution in [0.25, 0.3) is 0 Å². The second kappa shape index (κ2) is 6.33. The molecule has 5 heteroatoms. The summed E-state index contributed by atoms with van der Waals surface area (Å²) in [6.45, 7) is 1.14. The van der Waals surface area contributed by atoms with E-state index in [4.69, 9.17) is 9.84 Å². The number of benzene rings is 1. The number of aromatic carboxylic acids is 1. The van der Waals surface area contributed by atoms with Crippen LogP contribution < -0.4 is 5.32 Å². The zero-order valence-electron chi connectivity index (χ0n) is 10.6. The van der Waals surface area contributed by atoms with Crippen molar-refractivity contribution in [1.29, 1.82) is 0 Å². The fraction of sp³-hybridized carbons (Fsp3) is 0.429. The van der Waals surface area contributed by atoms with E-state index in [0.717, 1.165) is 18.4 Å². The average Bonchev–Trinajstić information content (AvgIpc) is 2.93. The summed E-state index contributed by atoms with van der Waals surface area (Å²) >= 11 is 0. The average molecular weight is 263 g/mol. The van der Waals surface area contributed by atoms with Crippen LogP contribution in [0.3, 0.4) is 0 Å². The number of carboxylic acids is 1. The van der Waals surface area contributed by atoms with Crippen molar-refractivity contribution in [3.63, 3.8) is 0 Å². The van der Waals surface area contributed by atoms with E-state index in [1.54, 1.807) is 18.2 Å². The number of ether oxygens (including phenoxy) is 1. The molecular weight excluding hydrogens is 246 g/mol. The first-order valence-corrected chi connectivity index (χ1v) is 6.38. The second-order valence-corrected chi connectivity index (χ2v) is 4.55. The van der Waals surface area contributed by atoms with Crippen molar-refractivity contribution in [2.24, 2.45) is 0 Å². The Morgan fingerprint density at radius 1 is 1.42 bits per heavy atom. The molecule has 1 aliphatic rings. The quantitative estimate of drug-likeness (QED) is 0.837. The number of amides is 1. The summed E-state index contributed by atoms with van der Waals surface area (Å²) in [6.07, 6.45) is 2.00. The van der Waals surface area contributed by atoms with Crippen LogP contribution in [-0.4, -0.2) is 36.2 Å². The second-order valence-electron chi connectivity index (χ2n) is 4.55. The minimum absolute atomic E-state index is 0.0770. The predicted octanol–water partition coefficient (Wildman–Crippen LogP) is 1.22. The molecular formula is C14H17NO4. The Bertz CT molecular complexity index is 466. The van der Waals surface area contributed by atoms with Gasteiger partial charge in [0.15, 0.2) is 0 Å². The molecule has 0 spiro atoms. The highest BCUT2D eigenvalue weighted by Crippen LogP contribution is 2.11. The summed E-state index contributed by atoms with van der Waals surface area (Å²) in [5.74, 6) is -1.02. The van der Waals surface area contributed by atoms with Crippen LogP contribution in [0, 0.1) is 0 Å². The molecule has 0 bridgehead atoms. The maximum atomic E-state index is 11.7. The normalized spacial score (nSPS) is 18.2. The van der Waals surface area contributed by atoms with E-state index in [0.29, 0.717) is 19.6 Å². The minimum atomic E-state index is -0.940. The maximum absolute atomic E-state index is 11.7. The van der Waals surface area contributed by atoms with Gasteiger partial charge in [-0.15, -0.1) is 0 Å². The van der Waals surface area contributed by atoms with Gasteiger partial charge in [0, 0.05) is 13.2 Å². The first-order valence-electron chi connectivity index (χ1n) is 6.38. The number of carbonyl (C=O) groups excluding carboxylic acids is 1. The Hall–Kier alpha value is -1.88. The van der Waals surface area contributed by atoms with E-state index in [1.165, 1.54) is 0 Å². The maximum Gasteiger partial charge on any atom is 0.335 e. The highest BCUT2D eigenvalue weighted by Gasteiger charge is 2.22. The standard InChI is InChI=1S/C14H17NO4/c16-13(12-5-2-8-19-12)15-7-6-10-3-1-4-11(9-10)14(17)18/h1,3-4,9,12H,2,5-8H2,(H,15,16)(H,17,18). The molecule has 1 aromatic carbocycles. The van der Waals surface area contributed by atoms with Crippen LogP contribution in [-0.2, 0) is 16.0 Å². The molecule has 1 atom stereocenters. The van der Waals surface area contributed by atoms with Crippen LogP contribution in [0.5, 0.6) is 0 Å². The fourth-order valence-corrected chi connectivity index (χ4v) is 2.09. The van der Waals surface area contributed by atoms with Gasteiger partial charge in [0.05, 0.1) is 5.56 Å². The summed E-state index contributed by atoms with van der Waals surface area (Å²) in [6, 6.07) is 6.74. The molecule has 1 unspecified atom stereocenters. The summed E-state index contributed by atoms with van der Waals surface area (Å²) in [4.78, 5) is 22.5. The molecule has 0 saturated carbocycles. The van der Waals surface area contributed by atoms with Gasteiger partial charge in [0.25, 0.3) is 0 Å². The van der Waals surface area contributed by atoms with Crippen LogP contribution in [0.15, 0.2) is 24.3 Å². The van der Waals surface area contributed by atoms with Crippen molar-refractivity contribution >= 4 is 11.9 Å². The van der Waals surface area contributed by atoms with E-state index in [1.807, 2.05) is 6.07 Å². The van der Waals surface area contributed by atoms with Crippen LogP contribution >= 0.6 is 0 Å². The monoisotopic (exact) mass is 263 g/mol. The number of hydrogen-bond acceptors (Lipinski definition) is 3. The summed E-state index contributed by atoms with van der Waals surface area (Å²) in [7, 11) is 0. The van der Waals surface area contributed by atoms with Gasteiger partial charge in [-0.3, -0.25) is 4.79 Å². The van der Waals surface area contributed by atoms with Crippen molar-refractivity contribution in [2.75, 3.05) is 13.2 Å². The molecule has 0 radical (unpaired) electrons. The number of carboxylic acid groups (broad SMARTS) is 1. The molecule has 1 saturated heterocycles. The zero-order chi connectivity index (χ0) is 13.7. The molecule has 1 fully saturated rings. The van der Waals surface area contributed by atoms with Gasteiger partial charge in [-0.25, -0.2) is 4.79 Å². The van der Waals surface area contributed by atoms with Gasteiger partial charge in [0.1, 0.15) is 6.10 Å². The first-order chi connectivity index (χ1) is 9.16. The molecule has 2 N–H and O–H groups in total. The molecule has 0 aromatic heterocycles. The lowest BCUT2D eigenvalue weighted by Gasteiger charge is -2.10. The highest BCUT2D eigenvalue weighted by atomic mass is 16.5. The summed E-state index contributed by atoms with van der Waals surface area (Å²) in [5, 5.41) is 11.7. The Balaban J connectivity index is 1.80. The molecule has 1 aromatic rings. The lowest BCUT2D eigenvalue weighted by atomic mass is 10.1. The van der Waals surface area contributed by atoms with Crippen LogP contribution in [0.2, 0.25) is 0 Å². The van der Waals surface area contributed by atoms with Gasteiger partial charge < -0.3 is 15.2 Å². The molecule has 1 amide bonds. The zero-order valence-corrected chi connectivity index (χ0v) is 10.6. The van der Waals surface area contributed by atoms with Gasteiger partial charge in [0.2, 0.25) is 5.91 Å². The van der Waals surface area contributed by atoms with Gasteiger partial charge in [-0.2, -0.15) is 0 Å². The predicted molar refractivity (Wildman–Crippen MR) is 69.1 cm³/mol. The van der Waals surface area contributed by atoms with Gasteiger partial charge in [-0.1, -0.05) is 12.1 Å². The molecule has 0 aliphatic carbocycles. The topological polar surface area (TPSA) is 75.6 Å². The summed E-state index contributed by atoms with van der Waals surface area (Å²) in [5.41, 5.74) is 1.16. The third kappa shape index (κ3) is 3.79. The Labute approximate surface area is 111 Å². The van der Waals surface area contributed by atoms with E-state index in [2.05, 4.69) is 5.32 Å². The lowest BCUT2D eigenvalue weighted by molar-refractivity contribution is -0.129.